The first kappa shape index (κ1) is 30.0. The smallest absolute Gasteiger partial charge is 0.342 e. The number of amides is 1. The Labute approximate surface area is 232 Å². The second kappa shape index (κ2) is 13.5. The molecule has 214 valence electrons. The van der Waals surface area contributed by atoms with Crippen LogP contribution in [-0.2, 0) is 32.1 Å². The lowest BCUT2D eigenvalue weighted by atomic mass is 9.94. The van der Waals surface area contributed by atoms with Crippen molar-refractivity contribution in [2.24, 2.45) is 0 Å². The maximum absolute atomic E-state index is 12.9. The van der Waals surface area contributed by atoms with E-state index in [2.05, 4.69) is 5.32 Å². The molecule has 2 aromatic rings. The van der Waals surface area contributed by atoms with Crippen molar-refractivity contribution in [3.63, 3.8) is 0 Å². The number of anilines is 1. The van der Waals surface area contributed by atoms with Crippen molar-refractivity contribution < 1.29 is 48.0 Å². The van der Waals surface area contributed by atoms with E-state index in [0.29, 0.717) is 46.0 Å². The summed E-state index contributed by atoms with van der Waals surface area (Å²) < 4.78 is 27.0. The zero-order valence-corrected chi connectivity index (χ0v) is 23.2. The van der Waals surface area contributed by atoms with Gasteiger partial charge in [0.2, 0.25) is 5.91 Å². The van der Waals surface area contributed by atoms with Gasteiger partial charge in [-0.25, -0.2) is 4.79 Å². The fourth-order valence-corrected chi connectivity index (χ4v) is 4.32. The zero-order chi connectivity index (χ0) is 29.4. The van der Waals surface area contributed by atoms with E-state index < -0.39 is 23.8 Å². The number of carbonyl (C=O) groups is 4. The van der Waals surface area contributed by atoms with Crippen LogP contribution in [0.4, 0.5) is 5.69 Å². The van der Waals surface area contributed by atoms with Gasteiger partial charge >= 0.3 is 17.9 Å². The second-order valence-electron chi connectivity index (χ2n) is 9.14. The van der Waals surface area contributed by atoms with Crippen LogP contribution in [0.25, 0.3) is 0 Å². The number of nitrogens with one attached hydrogen (secondary N) is 1. The maximum Gasteiger partial charge on any atom is 0.342 e. The number of benzene rings is 2. The molecule has 1 heterocycles. The third kappa shape index (κ3) is 7.10. The summed E-state index contributed by atoms with van der Waals surface area (Å²) in [5.74, 6) is -1.27. The normalized spacial score (nSPS) is 12.3. The van der Waals surface area contributed by atoms with Crippen LogP contribution in [0.5, 0.6) is 23.0 Å². The van der Waals surface area contributed by atoms with Gasteiger partial charge in [0.25, 0.3) is 0 Å². The van der Waals surface area contributed by atoms with E-state index in [1.807, 2.05) is 0 Å². The fraction of sp³-hybridized carbons (Fsp3) is 0.379. The lowest BCUT2D eigenvalue weighted by Gasteiger charge is -2.19. The Kier molecular flexibility index (Phi) is 10.1. The summed E-state index contributed by atoms with van der Waals surface area (Å²) in [6.07, 6.45) is 1.91. The zero-order valence-electron chi connectivity index (χ0n) is 23.2. The van der Waals surface area contributed by atoms with Gasteiger partial charge in [-0.2, -0.15) is 0 Å². The minimum Gasteiger partial charge on any atom is -0.496 e. The SMILES string of the molecule is COc1ccc(NC(=O)CCC(=O)Oc2c(C/C=C(\C)CCC(=O)O)c(OC)c(C)c3c2C(=O)OC3)cc1OC. The number of rotatable bonds is 13. The summed E-state index contributed by atoms with van der Waals surface area (Å²) in [5, 5.41) is 11.7. The maximum atomic E-state index is 12.9. The predicted octanol–water partition coefficient (Wildman–Crippen LogP) is 4.37. The highest BCUT2D eigenvalue weighted by atomic mass is 16.6. The van der Waals surface area contributed by atoms with Gasteiger partial charge in [0, 0.05) is 35.7 Å². The minimum absolute atomic E-state index is 0.0163. The number of hydrogen-bond acceptors (Lipinski definition) is 9. The number of ether oxygens (including phenoxy) is 5. The fourth-order valence-electron chi connectivity index (χ4n) is 4.32. The van der Waals surface area contributed by atoms with Gasteiger partial charge in [0.05, 0.1) is 27.8 Å². The van der Waals surface area contributed by atoms with E-state index in [0.717, 1.165) is 5.57 Å². The lowest BCUT2D eigenvalue weighted by molar-refractivity contribution is -0.137. The van der Waals surface area contributed by atoms with Crippen LogP contribution in [-0.4, -0.2) is 50.3 Å². The van der Waals surface area contributed by atoms with E-state index >= 15 is 0 Å². The molecule has 1 aliphatic rings. The van der Waals surface area contributed by atoms with Crippen molar-refractivity contribution in [3.8, 4) is 23.0 Å². The number of aliphatic carboxylic acids is 1. The summed E-state index contributed by atoms with van der Waals surface area (Å²) in [6, 6.07) is 4.89. The molecule has 2 aromatic carbocycles. The molecule has 0 radical (unpaired) electrons. The molecule has 40 heavy (non-hydrogen) atoms. The number of allylic oxidation sites excluding steroid dienone is 2. The number of fused-ring (bicyclic) bond motifs is 1. The molecule has 1 aliphatic heterocycles. The van der Waals surface area contributed by atoms with Crippen LogP contribution in [0.15, 0.2) is 29.8 Å². The monoisotopic (exact) mass is 555 g/mol. The van der Waals surface area contributed by atoms with Gasteiger partial charge in [-0.05, 0) is 44.4 Å². The number of carbonyl (C=O) groups excluding carboxylic acids is 3. The van der Waals surface area contributed by atoms with Gasteiger partial charge in [-0.3, -0.25) is 14.4 Å². The highest BCUT2D eigenvalue weighted by Crippen LogP contribution is 2.43. The molecule has 0 saturated heterocycles. The molecular formula is C29H33NO10. The summed E-state index contributed by atoms with van der Waals surface area (Å²) >= 11 is 0. The molecule has 0 fully saturated rings. The van der Waals surface area contributed by atoms with Crippen LogP contribution < -0.4 is 24.3 Å². The predicted molar refractivity (Wildman–Crippen MR) is 144 cm³/mol. The second-order valence-corrected chi connectivity index (χ2v) is 9.14. The van der Waals surface area contributed by atoms with Crippen molar-refractivity contribution in [3.05, 3.63) is 52.1 Å². The molecule has 3 rings (SSSR count). The molecule has 0 spiro atoms. The number of esters is 2. The molecule has 2 N–H and O–H groups in total. The topological polar surface area (TPSA) is 147 Å². The highest BCUT2D eigenvalue weighted by molar-refractivity contribution is 5.99. The van der Waals surface area contributed by atoms with Crippen LogP contribution in [0.2, 0.25) is 0 Å². The molecule has 0 aliphatic carbocycles. The van der Waals surface area contributed by atoms with Gasteiger partial charge < -0.3 is 34.1 Å². The Morgan fingerprint density at radius 2 is 1.73 bits per heavy atom. The number of carboxylic acids is 1. The summed E-state index contributed by atoms with van der Waals surface area (Å²) in [7, 11) is 4.46. The van der Waals surface area contributed by atoms with Crippen molar-refractivity contribution in [2.75, 3.05) is 26.6 Å². The molecule has 11 nitrogen and oxygen atoms in total. The number of hydrogen-bond donors (Lipinski definition) is 2. The van der Waals surface area contributed by atoms with Gasteiger partial charge in [0.1, 0.15) is 17.9 Å². The highest BCUT2D eigenvalue weighted by Gasteiger charge is 2.34. The Morgan fingerprint density at radius 3 is 2.38 bits per heavy atom. The Morgan fingerprint density at radius 1 is 1.00 bits per heavy atom. The van der Waals surface area contributed by atoms with E-state index in [9.17, 15) is 19.2 Å². The first-order valence-corrected chi connectivity index (χ1v) is 12.6. The Balaban J connectivity index is 1.80. The van der Waals surface area contributed by atoms with Crippen LogP contribution in [0.1, 0.15) is 59.7 Å². The summed E-state index contributed by atoms with van der Waals surface area (Å²) in [4.78, 5) is 49.0. The molecule has 0 saturated carbocycles. The van der Waals surface area contributed by atoms with E-state index in [-0.39, 0.29) is 43.6 Å². The first-order valence-electron chi connectivity index (χ1n) is 12.6. The average molecular weight is 556 g/mol. The largest absolute Gasteiger partial charge is 0.496 e. The van der Waals surface area contributed by atoms with Crippen molar-refractivity contribution in [1.29, 1.82) is 0 Å². The van der Waals surface area contributed by atoms with Crippen molar-refractivity contribution in [2.45, 2.75) is 52.6 Å². The van der Waals surface area contributed by atoms with Gasteiger partial charge in [-0.15, -0.1) is 0 Å². The summed E-state index contributed by atoms with van der Waals surface area (Å²) in [5.41, 5.74) is 3.13. The first-order chi connectivity index (χ1) is 19.1. The van der Waals surface area contributed by atoms with Crippen molar-refractivity contribution >= 4 is 29.5 Å². The molecule has 0 bridgehead atoms. The standard InChI is InChI=1S/C29H33NO10/c1-16(7-12-24(32)33)6-9-19-27(38-5)17(2)20-15-39-29(35)26(20)28(19)40-25(34)13-11-23(31)30-18-8-10-21(36-3)22(14-18)37-4/h6,8,10,14H,7,9,11-13,15H2,1-5H3,(H,30,31)(H,32,33)/b16-6+. The minimum atomic E-state index is -0.911. The Bertz CT molecular complexity index is 1350. The third-order valence-corrected chi connectivity index (χ3v) is 6.45. The average Bonchev–Trinajstić information content (AvgIpc) is 3.32. The molecule has 1 amide bonds. The van der Waals surface area contributed by atoms with Crippen LogP contribution >= 0.6 is 0 Å². The molecule has 0 unspecified atom stereocenters. The van der Waals surface area contributed by atoms with Crippen LogP contribution in [0, 0.1) is 6.92 Å². The van der Waals surface area contributed by atoms with E-state index in [1.165, 1.54) is 21.3 Å². The summed E-state index contributed by atoms with van der Waals surface area (Å²) in [6.45, 7) is 3.60. The van der Waals surface area contributed by atoms with Gasteiger partial charge in [0.15, 0.2) is 17.2 Å². The lowest BCUT2D eigenvalue weighted by Crippen LogP contribution is -2.18. The molecule has 0 aromatic heterocycles. The third-order valence-electron chi connectivity index (χ3n) is 6.45. The number of methoxy groups -OCH3 is 3. The Hall–Kier alpha value is -4.54. The van der Waals surface area contributed by atoms with Crippen LogP contribution in [0.3, 0.4) is 0 Å². The number of carboxylic acid groups (broad SMARTS) is 1. The molecule has 0 atom stereocenters. The van der Waals surface area contributed by atoms with E-state index in [4.69, 9.17) is 28.8 Å². The van der Waals surface area contributed by atoms with E-state index in [1.54, 1.807) is 38.1 Å². The molecular weight excluding hydrogens is 522 g/mol. The van der Waals surface area contributed by atoms with Crippen molar-refractivity contribution in [1.82, 2.24) is 0 Å². The van der Waals surface area contributed by atoms with Gasteiger partial charge in [-0.1, -0.05) is 11.6 Å². The number of cyclic esters (lactones) is 1. The molecule has 11 heteroatoms. The quantitative estimate of drug-likeness (QED) is 0.207.